The number of fused-ring (bicyclic) bond motifs is 1. The van der Waals surface area contributed by atoms with Gasteiger partial charge in [-0.1, -0.05) is 0 Å². The van der Waals surface area contributed by atoms with Crippen LogP contribution >= 0.6 is 11.3 Å². The van der Waals surface area contributed by atoms with E-state index in [4.69, 9.17) is 0 Å². The summed E-state index contributed by atoms with van der Waals surface area (Å²) in [6, 6.07) is 7.99. The van der Waals surface area contributed by atoms with Crippen molar-refractivity contribution >= 4 is 32.3 Å². The largest absolute Gasteiger partial charge is 0.312 e. The van der Waals surface area contributed by atoms with E-state index in [1.54, 1.807) is 0 Å². The average Bonchev–Trinajstić information content (AvgIpc) is 2.98. The molecule has 1 heterocycles. The highest BCUT2D eigenvalue weighted by molar-refractivity contribution is 7.89. The average molecular weight is 390 g/mol. The molecule has 0 saturated heterocycles. The first kappa shape index (κ1) is 18.6. The summed E-state index contributed by atoms with van der Waals surface area (Å²) in [4.78, 5) is 13.8. The second-order valence-corrected chi connectivity index (χ2v) is 9.55. The van der Waals surface area contributed by atoms with Gasteiger partial charge in [-0.05, 0) is 55.5 Å². The first-order valence-electron chi connectivity index (χ1n) is 8.23. The van der Waals surface area contributed by atoms with Crippen LogP contribution in [0.5, 0.6) is 0 Å². The molecule has 1 N–H and O–H groups in total. The normalized spacial score (nSPS) is 13.9. The predicted octanol–water partition coefficient (Wildman–Crippen LogP) is 3.00. The van der Waals surface area contributed by atoms with Crippen LogP contribution in [0.15, 0.2) is 29.2 Å². The zero-order chi connectivity index (χ0) is 18.9. The molecule has 1 aliphatic carbocycles. The zero-order valence-corrected chi connectivity index (χ0v) is 16.2. The monoisotopic (exact) mass is 389 g/mol. The van der Waals surface area contributed by atoms with Crippen LogP contribution in [0.2, 0.25) is 0 Å². The predicted molar refractivity (Wildman–Crippen MR) is 101 cm³/mol. The van der Waals surface area contributed by atoms with Gasteiger partial charge in [0.1, 0.15) is 11.1 Å². The van der Waals surface area contributed by atoms with Crippen LogP contribution in [0.1, 0.15) is 39.2 Å². The van der Waals surface area contributed by atoms with Crippen molar-refractivity contribution in [2.75, 3.05) is 19.4 Å². The quantitative estimate of drug-likeness (QED) is 0.870. The van der Waals surface area contributed by atoms with Crippen molar-refractivity contribution < 1.29 is 13.2 Å². The summed E-state index contributed by atoms with van der Waals surface area (Å²) in [5.74, 6) is -0.353. The highest BCUT2D eigenvalue weighted by Gasteiger charge is 2.22. The van der Waals surface area contributed by atoms with Gasteiger partial charge in [0, 0.05) is 24.5 Å². The molecule has 8 heteroatoms. The molecule has 6 nitrogen and oxygen atoms in total. The minimum Gasteiger partial charge on any atom is -0.312 e. The molecule has 1 aromatic carbocycles. The molecule has 1 amide bonds. The molecule has 0 bridgehead atoms. The Kier molecular flexibility index (Phi) is 5.14. The number of amides is 1. The Labute approximate surface area is 157 Å². The molecule has 0 atom stereocenters. The molecular formula is C18H19N3O3S2. The molecule has 136 valence electrons. The molecular weight excluding hydrogens is 370 g/mol. The van der Waals surface area contributed by atoms with Crippen molar-refractivity contribution in [2.24, 2.45) is 0 Å². The van der Waals surface area contributed by atoms with Crippen molar-refractivity contribution in [3.8, 4) is 6.07 Å². The summed E-state index contributed by atoms with van der Waals surface area (Å²) in [7, 11) is -0.618. The fraction of sp³-hybridized carbons (Fsp3) is 0.333. The number of rotatable bonds is 4. The highest BCUT2D eigenvalue weighted by Crippen LogP contribution is 2.37. The molecule has 0 saturated carbocycles. The van der Waals surface area contributed by atoms with Gasteiger partial charge in [0.2, 0.25) is 10.0 Å². The number of nitrogens with zero attached hydrogens (tertiary/aromatic N) is 2. The fourth-order valence-electron chi connectivity index (χ4n) is 2.94. The summed E-state index contributed by atoms with van der Waals surface area (Å²) < 4.78 is 25.3. The van der Waals surface area contributed by atoms with Gasteiger partial charge >= 0.3 is 0 Å². The number of carbonyl (C=O) groups excluding carboxylic acids is 1. The lowest BCUT2D eigenvalue weighted by Crippen LogP contribution is -2.22. The Morgan fingerprint density at radius 3 is 2.46 bits per heavy atom. The number of nitrogens with one attached hydrogen (secondary N) is 1. The number of nitriles is 1. The molecule has 2 aromatic rings. The van der Waals surface area contributed by atoms with Crippen LogP contribution in [0.25, 0.3) is 0 Å². The first-order valence-corrected chi connectivity index (χ1v) is 10.5. The van der Waals surface area contributed by atoms with Gasteiger partial charge in [0.05, 0.1) is 10.5 Å². The topological polar surface area (TPSA) is 90.3 Å². The Bertz CT molecular complexity index is 984. The fourth-order valence-corrected chi connectivity index (χ4v) is 5.07. The maximum absolute atomic E-state index is 12.5. The summed E-state index contributed by atoms with van der Waals surface area (Å²) in [5, 5.41) is 12.8. The number of benzene rings is 1. The lowest BCUT2D eigenvalue weighted by molar-refractivity contribution is 0.102. The zero-order valence-electron chi connectivity index (χ0n) is 14.6. The van der Waals surface area contributed by atoms with Gasteiger partial charge < -0.3 is 5.32 Å². The maximum Gasteiger partial charge on any atom is 0.256 e. The lowest BCUT2D eigenvalue weighted by Gasteiger charge is -2.11. The molecule has 0 fully saturated rings. The summed E-state index contributed by atoms with van der Waals surface area (Å²) in [6.45, 7) is 0. The smallest absolute Gasteiger partial charge is 0.256 e. The maximum atomic E-state index is 12.5. The van der Waals surface area contributed by atoms with Crippen molar-refractivity contribution in [1.82, 2.24) is 4.31 Å². The third-order valence-corrected chi connectivity index (χ3v) is 7.44. The summed E-state index contributed by atoms with van der Waals surface area (Å²) in [5.41, 5.74) is 1.97. The van der Waals surface area contributed by atoms with E-state index >= 15 is 0 Å². The Balaban J connectivity index is 1.83. The number of anilines is 1. The van der Waals surface area contributed by atoms with E-state index < -0.39 is 10.0 Å². The Morgan fingerprint density at radius 2 is 1.85 bits per heavy atom. The number of carbonyl (C=O) groups is 1. The van der Waals surface area contributed by atoms with Crippen molar-refractivity contribution in [1.29, 1.82) is 5.26 Å². The van der Waals surface area contributed by atoms with Crippen LogP contribution in [-0.2, 0) is 22.9 Å². The first-order chi connectivity index (χ1) is 12.3. The number of hydrogen-bond acceptors (Lipinski definition) is 5. The van der Waals surface area contributed by atoms with Crippen LogP contribution < -0.4 is 5.32 Å². The molecule has 1 aromatic heterocycles. The molecule has 3 rings (SSSR count). The van der Waals surface area contributed by atoms with Gasteiger partial charge in [0.25, 0.3) is 5.91 Å². The van der Waals surface area contributed by atoms with E-state index in [-0.39, 0.29) is 10.8 Å². The molecule has 0 aliphatic heterocycles. The van der Waals surface area contributed by atoms with Gasteiger partial charge in [-0.15, -0.1) is 11.3 Å². The van der Waals surface area contributed by atoms with E-state index in [2.05, 4.69) is 11.4 Å². The summed E-state index contributed by atoms with van der Waals surface area (Å²) in [6.07, 6.45) is 3.99. The Hall–Kier alpha value is -2.21. The molecule has 0 radical (unpaired) electrons. The van der Waals surface area contributed by atoms with E-state index in [0.29, 0.717) is 16.1 Å². The molecule has 0 unspecified atom stereocenters. The summed E-state index contributed by atoms with van der Waals surface area (Å²) >= 11 is 1.46. The number of thiophene rings is 1. The van der Waals surface area contributed by atoms with Crippen LogP contribution in [-0.4, -0.2) is 32.7 Å². The number of aryl methyl sites for hydroxylation is 1. The van der Waals surface area contributed by atoms with Crippen molar-refractivity contribution in [2.45, 2.75) is 30.6 Å². The standard InChI is InChI=1S/C18H19N3O3S2/c1-21(2)26(23,24)13-9-7-12(8-10-13)17(22)20-18-15(11-19)14-5-3-4-6-16(14)25-18/h7-10H,3-6H2,1-2H3,(H,20,22). The second-order valence-electron chi connectivity index (χ2n) is 6.29. The minimum atomic E-state index is -3.53. The van der Waals surface area contributed by atoms with Gasteiger partial charge in [-0.3, -0.25) is 4.79 Å². The third-order valence-electron chi connectivity index (χ3n) is 4.41. The van der Waals surface area contributed by atoms with Crippen LogP contribution in [0.3, 0.4) is 0 Å². The number of hydrogen-bond donors (Lipinski definition) is 1. The molecule has 0 spiro atoms. The highest BCUT2D eigenvalue weighted by atomic mass is 32.2. The Morgan fingerprint density at radius 1 is 1.19 bits per heavy atom. The van der Waals surface area contributed by atoms with E-state index in [1.165, 1.54) is 54.6 Å². The minimum absolute atomic E-state index is 0.128. The van der Waals surface area contributed by atoms with E-state index in [1.807, 2.05) is 0 Å². The molecule has 1 aliphatic rings. The van der Waals surface area contributed by atoms with Gasteiger partial charge in [-0.2, -0.15) is 5.26 Å². The number of sulfonamides is 1. The lowest BCUT2D eigenvalue weighted by atomic mass is 9.96. The van der Waals surface area contributed by atoms with Crippen molar-refractivity contribution in [3.05, 3.63) is 45.8 Å². The van der Waals surface area contributed by atoms with Crippen molar-refractivity contribution in [3.63, 3.8) is 0 Å². The van der Waals surface area contributed by atoms with Crippen LogP contribution in [0, 0.1) is 11.3 Å². The third kappa shape index (κ3) is 3.38. The second kappa shape index (κ2) is 7.19. The molecule has 26 heavy (non-hydrogen) atoms. The van der Waals surface area contributed by atoms with Crippen LogP contribution in [0.4, 0.5) is 5.00 Å². The van der Waals surface area contributed by atoms with E-state index in [0.717, 1.165) is 35.6 Å². The van der Waals surface area contributed by atoms with E-state index in [9.17, 15) is 18.5 Å². The SMILES string of the molecule is CN(C)S(=O)(=O)c1ccc(C(=O)Nc2sc3c(c2C#N)CCCC3)cc1. The van der Waals surface area contributed by atoms with Gasteiger partial charge in [0.15, 0.2) is 0 Å². The van der Waals surface area contributed by atoms with Gasteiger partial charge in [-0.25, -0.2) is 12.7 Å².